The molecule has 5 aromatic rings. The summed E-state index contributed by atoms with van der Waals surface area (Å²) in [6.07, 6.45) is -3.60. The van der Waals surface area contributed by atoms with Gasteiger partial charge in [0.05, 0.1) is 17.4 Å². The molecule has 0 saturated heterocycles. The van der Waals surface area contributed by atoms with E-state index >= 15 is 0 Å². The molecule has 0 radical (unpaired) electrons. The van der Waals surface area contributed by atoms with E-state index in [1.54, 1.807) is 4.68 Å². The summed E-state index contributed by atoms with van der Waals surface area (Å²) in [7, 11) is 0. The predicted octanol–water partition coefficient (Wildman–Crippen LogP) is 6.42. The van der Waals surface area contributed by atoms with Crippen LogP contribution in [0, 0.1) is 12.7 Å². The SMILES string of the molecule is Cc1ccccc1-n1ncc2cc(C(O)(c3ccc(F)c4ccccc34)C(F)(F)F)ccc21. The molecule has 166 valence electrons. The van der Waals surface area contributed by atoms with E-state index in [2.05, 4.69) is 5.10 Å². The fourth-order valence-corrected chi connectivity index (χ4v) is 4.30. The second kappa shape index (κ2) is 7.42. The van der Waals surface area contributed by atoms with Crippen LogP contribution in [0.1, 0.15) is 16.7 Å². The fourth-order valence-electron chi connectivity index (χ4n) is 4.30. The van der Waals surface area contributed by atoms with Crippen molar-refractivity contribution in [1.29, 1.82) is 0 Å². The number of benzene rings is 4. The van der Waals surface area contributed by atoms with Gasteiger partial charge in [0, 0.05) is 16.3 Å². The molecule has 1 aromatic heterocycles. The molecular weight excluding hydrogens is 432 g/mol. The maximum absolute atomic E-state index is 14.5. The molecule has 0 aliphatic heterocycles. The van der Waals surface area contributed by atoms with Crippen molar-refractivity contribution < 1.29 is 22.7 Å². The summed E-state index contributed by atoms with van der Waals surface area (Å²) in [5, 5.41) is 16.0. The van der Waals surface area contributed by atoms with Crippen LogP contribution in [-0.4, -0.2) is 21.1 Å². The van der Waals surface area contributed by atoms with Gasteiger partial charge in [0.15, 0.2) is 0 Å². The molecule has 0 bridgehead atoms. The molecule has 0 spiro atoms. The van der Waals surface area contributed by atoms with Gasteiger partial charge in [0.1, 0.15) is 5.82 Å². The highest BCUT2D eigenvalue weighted by Gasteiger charge is 2.57. The van der Waals surface area contributed by atoms with Gasteiger partial charge in [-0.3, -0.25) is 0 Å². The molecule has 33 heavy (non-hydrogen) atoms. The van der Waals surface area contributed by atoms with Crippen LogP contribution in [0.25, 0.3) is 27.4 Å². The zero-order valence-electron chi connectivity index (χ0n) is 17.4. The third-order valence-electron chi connectivity index (χ3n) is 6.00. The highest BCUT2D eigenvalue weighted by molar-refractivity contribution is 5.88. The highest BCUT2D eigenvalue weighted by Crippen LogP contribution is 2.47. The minimum absolute atomic E-state index is 0.00567. The smallest absolute Gasteiger partial charge is 0.372 e. The highest BCUT2D eigenvalue weighted by atomic mass is 19.4. The van der Waals surface area contributed by atoms with Crippen LogP contribution in [0.5, 0.6) is 0 Å². The summed E-state index contributed by atoms with van der Waals surface area (Å²) in [4.78, 5) is 0. The lowest BCUT2D eigenvalue weighted by Gasteiger charge is -2.32. The molecule has 0 aliphatic rings. The summed E-state index contributed by atoms with van der Waals surface area (Å²) in [6, 6.07) is 19.3. The first kappa shape index (κ1) is 21.2. The zero-order valence-corrected chi connectivity index (χ0v) is 17.4. The molecule has 0 saturated carbocycles. The number of hydrogen-bond donors (Lipinski definition) is 1. The van der Waals surface area contributed by atoms with E-state index in [1.807, 2.05) is 31.2 Å². The van der Waals surface area contributed by atoms with Crippen LogP contribution >= 0.6 is 0 Å². The summed E-state index contributed by atoms with van der Waals surface area (Å²) in [6.45, 7) is 1.92. The number of fused-ring (bicyclic) bond motifs is 2. The quantitative estimate of drug-likeness (QED) is 0.322. The molecule has 7 heteroatoms. The number of alkyl halides is 3. The Hall–Kier alpha value is -3.71. The first-order valence-electron chi connectivity index (χ1n) is 10.2. The molecule has 5 rings (SSSR count). The Balaban J connectivity index is 1.74. The Morgan fingerprint density at radius 2 is 1.55 bits per heavy atom. The fraction of sp³-hybridized carbons (Fsp3) is 0.115. The van der Waals surface area contributed by atoms with E-state index in [4.69, 9.17) is 0 Å². The van der Waals surface area contributed by atoms with Crippen molar-refractivity contribution >= 4 is 21.7 Å². The van der Waals surface area contributed by atoms with Gasteiger partial charge in [-0.05, 0) is 47.7 Å². The van der Waals surface area contributed by atoms with Crippen LogP contribution in [-0.2, 0) is 5.60 Å². The van der Waals surface area contributed by atoms with Crippen molar-refractivity contribution in [3.8, 4) is 5.69 Å². The minimum Gasteiger partial charge on any atom is -0.372 e. The van der Waals surface area contributed by atoms with Crippen LogP contribution in [0.15, 0.2) is 85.1 Å². The maximum atomic E-state index is 14.5. The number of rotatable bonds is 3. The Morgan fingerprint density at radius 3 is 2.27 bits per heavy atom. The first-order valence-corrected chi connectivity index (χ1v) is 10.2. The molecule has 3 nitrogen and oxygen atoms in total. The predicted molar refractivity (Wildman–Crippen MR) is 119 cm³/mol. The molecule has 0 amide bonds. The summed E-state index contributed by atoms with van der Waals surface area (Å²) >= 11 is 0. The van der Waals surface area contributed by atoms with Gasteiger partial charge in [0.25, 0.3) is 0 Å². The van der Waals surface area contributed by atoms with Crippen molar-refractivity contribution in [3.63, 3.8) is 0 Å². The van der Waals surface area contributed by atoms with E-state index in [1.165, 1.54) is 48.7 Å². The largest absolute Gasteiger partial charge is 0.425 e. The molecule has 1 heterocycles. The molecule has 1 unspecified atom stereocenters. The number of aromatic nitrogens is 2. The van der Waals surface area contributed by atoms with E-state index in [0.717, 1.165) is 23.4 Å². The third kappa shape index (κ3) is 3.19. The van der Waals surface area contributed by atoms with E-state index in [-0.39, 0.29) is 16.3 Å². The van der Waals surface area contributed by atoms with Gasteiger partial charge in [-0.1, -0.05) is 54.6 Å². The standard InChI is InChI=1S/C26H18F4N2O/c1-16-6-2-5-9-23(16)32-24-13-10-18(14-17(24)15-31-32)25(33,26(28,29)30)21-11-12-22(27)20-8-4-3-7-19(20)21/h2-15,33H,1H3. The van der Waals surface area contributed by atoms with Gasteiger partial charge in [-0.2, -0.15) is 18.3 Å². The summed E-state index contributed by atoms with van der Waals surface area (Å²) < 4.78 is 59.3. The topological polar surface area (TPSA) is 38.0 Å². The van der Waals surface area contributed by atoms with Crippen molar-refractivity contribution in [1.82, 2.24) is 9.78 Å². The van der Waals surface area contributed by atoms with Gasteiger partial charge in [0.2, 0.25) is 5.60 Å². The van der Waals surface area contributed by atoms with E-state index < -0.39 is 23.2 Å². The Bertz CT molecular complexity index is 1510. The summed E-state index contributed by atoms with van der Waals surface area (Å²) in [5.41, 5.74) is -1.80. The van der Waals surface area contributed by atoms with Gasteiger partial charge in [-0.25, -0.2) is 9.07 Å². The number of hydrogen-bond acceptors (Lipinski definition) is 2. The van der Waals surface area contributed by atoms with Crippen LogP contribution in [0.3, 0.4) is 0 Å². The van der Waals surface area contributed by atoms with E-state index in [0.29, 0.717) is 10.9 Å². The lowest BCUT2D eigenvalue weighted by molar-refractivity contribution is -0.247. The van der Waals surface area contributed by atoms with Crippen LogP contribution in [0.2, 0.25) is 0 Å². The number of nitrogens with zero attached hydrogens (tertiary/aromatic N) is 2. The molecule has 1 atom stereocenters. The number of aryl methyl sites for hydroxylation is 1. The number of para-hydroxylation sites is 1. The second-order valence-electron chi connectivity index (χ2n) is 7.97. The Labute approximate surface area is 186 Å². The lowest BCUT2D eigenvalue weighted by Crippen LogP contribution is -2.43. The first-order chi connectivity index (χ1) is 15.7. The minimum atomic E-state index is -5.06. The molecule has 0 aliphatic carbocycles. The molecule has 0 fully saturated rings. The summed E-state index contributed by atoms with van der Waals surface area (Å²) in [5.74, 6) is -0.658. The number of halogens is 4. The monoisotopic (exact) mass is 450 g/mol. The van der Waals surface area contributed by atoms with Gasteiger partial charge < -0.3 is 5.11 Å². The van der Waals surface area contributed by atoms with Crippen LogP contribution < -0.4 is 0 Å². The lowest BCUT2D eigenvalue weighted by atomic mass is 9.82. The van der Waals surface area contributed by atoms with Crippen molar-refractivity contribution in [3.05, 3.63) is 108 Å². The van der Waals surface area contributed by atoms with Crippen LogP contribution in [0.4, 0.5) is 17.6 Å². The molecular formula is C26H18F4N2O. The average Bonchev–Trinajstić information content (AvgIpc) is 3.22. The van der Waals surface area contributed by atoms with Crippen molar-refractivity contribution in [2.75, 3.05) is 0 Å². The van der Waals surface area contributed by atoms with Gasteiger partial charge >= 0.3 is 6.18 Å². The normalized spacial score (nSPS) is 14.0. The Morgan fingerprint density at radius 1 is 0.848 bits per heavy atom. The number of aliphatic hydroxyl groups is 1. The third-order valence-corrected chi connectivity index (χ3v) is 6.00. The van der Waals surface area contributed by atoms with E-state index in [9.17, 15) is 22.7 Å². The molecule has 1 N–H and O–H groups in total. The van der Waals surface area contributed by atoms with Crippen molar-refractivity contribution in [2.45, 2.75) is 18.7 Å². The molecule has 4 aromatic carbocycles. The van der Waals surface area contributed by atoms with Crippen molar-refractivity contribution in [2.24, 2.45) is 0 Å². The van der Waals surface area contributed by atoms with Gasteiger partial charge in [-0.15, -0.1) is 0 Å². The average molecular weight is 450 g/mol. The maximum Gasteiger partial charge on any atom is 0.425 e. The second-order valence-corrected chi connectivity index (χ2v) is 7.97. The Kier molecular flexibility index (Phi) is 4.76. The zero-order chi connectivity index (χ0) is 23.4.